The van der Waals surface area contributed by atoms with Gasteiger partial charge >= 0.3 is 0 Å². The lowest BCUT2D eigenvalue weighted by molar-refractivity contribution is 0.0573. The van der Waals surface area contributed by atoms with E-state index >= 15 is 0 Å². The summed E-state index contributed by atoms with van der Waals surface area (Å²) in [6.07, 6.45) is 1.20. The van der Waals surface area contributed by atoms with Gasteiger partial charge in [0.2, 0.25) is 5.43 Å². The minimum absolute atomic E-state index is 0.139. The zero-order chi connectivity index (χ0) is 22.6. The minimum Gasteiger partial charge on any atom is -0.502 e. The number of aromatic hydroxyl groups is 1. The molecule has 9 heteroatoms. The van der Waals surface area contributed by atoms with Crippen molar-refractivity contribution < 1.29 is 23.4 Å². The summed E-state index contributed by atoms with van der Waals surface area (Å²) < 4.78 is 35.7. The highest BCUT2D eigenvalue weighted by Crippen LogP contribution is 2.41. The number of aromatic nitrogens is 1. The average molecular weight is 439 g/mol. The molecule has 3 heterocycles. The van der Waals surface area contributed by atoms with Crippen molar-refractivity contribution in [2.75, 3.05) is 18.7 Å². The maximum atomic E-state index is 14.4. The van der Waals surface area contributed by atoms with Gasteiger partial charge in [-0.2, -0.15) is 0 Å². The summed E-state index contributed by atoms with van der Waals surface area (Å²) in [7, 11) is 1.57. The molecule has 32 heavy (non-hydrogen) atoms. The molecule has 5 rings (SSSR count). The smallest absolute Gasteiger partial charge is 0.277 e. The van der Waals surface area contributed by atoms with Gasteiger partial charge in [0, 0.05) is 37.4 Å². The van der Waals surface area contributed by atoms with E-state index in [2.05, 4.69) is 0 Å². The number of rotatable bonds is 1. The monoisotopic (exact) mass is 439 g/mol. The van der Waals surface area contributed by atoms with Gasteiger partial charge in [-0.25, -0.2) is 8.78 Å². The van der Waals surface area contributed by atoms with Crippen molar-refractivity contribution in [2.24, 2.45) is 0 Å². The van der Waals surface area contributed by atoms with Crippen molar-refractivity contribution in [2.45, 2.75) is 18.6 Å². The molecule has 1 amide bonds. The fourth-order valence-corrected chi connectivity index (χ4v) is 4.42. The summed E-state index contributed by atoms with van der Waals surface area (Å²) in [6, 6.07) is 11.7. The maximum Gasteiger partial charge on any atom is 0.277 e. The largest absolute Gasteiger partial charge is 0.502 e. The van der Waals surface area contributed by atoms with Gasteiger partial charge in [-0.3, -0.25) is 19.3 Å². The van der Waals surface area contributed by atoms with E-state index in [1.165, 1.54) is 15.8 Å². The average Bonchev–Trinajstić information content (AvgIpc) is 2.78. The van der Waals surface area contributed by atoms with Crippen LogP contribution in [0, 0.1) is 11.6 Å². The van der Waals surface area contributed by atoms with Gasteiger partial charge < -0.3 is 14.7 Å². The third-order valence-electron chi connectivity index (χ3n) is 5.94. The molecule has 0 saturated heterocycles. The molecule has 1 aromatic heterocycles. The minimum atomic E-state index is -1.03. The van der Waals surface area contributed by atoms with Crippen LogP contribution in [0.1, 0.15) is 34.1 Å². The highest BCUT2D eigenvalue weighted by molar-refractivity contribution is 5.96. The second-order valence-corrected chi connectivity index (χ2v) is 7.75. The standard InChI is InChI=1S/C23H19F2N3O4/c1-26-19-8-10-32-18-12-16(25)15(24)11-14(18)20(13-5-3-2-4-6-13)28(19)27-9-7-17(29)22(30)21(27)23(26)31/h2-7,9,11-12,19-20,30H,8,10H2,1H3/t19-,20?/m0/s1. The number of benzene rings is 2. The van der Waals surface area contributed by atoms with Crippen LogP contribution in [0.2, 0.25) is 0 Å². The fraction of sp³-hybridized carbons (Fsp3) is 0.217. The lowest BCUT2D eigenvalue weighted by Gasteiger charge is -2.49. The van der Waals surface area contributed by atoms with E-state index in [0.29, 0.717) is 12.0 Å². The summed E-state index contributed by atoms with van der Waals surface area (Å²) in [4.78, 5) is 26.6. The van der Waals surface area contributed by atoms with Gasteiger partial charge in [0.05, 0.1) is 6.61 Å². The first kappa shape index (κ1) is 20.0. The van der Waals surface area contributed by atoms with Gasteiger partial charge in [0.15, 0.2) is 23.1 Å². The van der Waals surface area contributed by atoms with Crippen molar-refractivity contribution in [3.8, 4) is 11.5 Å². The van der Waals surface area contributed by atoms with Crippen LogP contribution in [-0.2, 0) is 0 Å². The SMILES string of the molecule is CN1C(=O)c2c(O)c(=O)ccn2N2C(c3ccccc3)c3cc(F)c(F)cc3OCC[C@@H]12. The van der Waals surface area contributed by atoms with Gasteiger partial charge in [-0.15, -0.1) is 0 Å². The van der Waals surface area contributed by atoms with Crippen LogP contribution >= 0.6 is 0 Å². The molecule has 1 N–H and O–H groups in total. The zero-order valence-corrected chi connectivity index (χ0v) is 17.0. The summed E-state index contributed by atoms with van der Waals surface area (Å²) in [5, 5.41) is 12.2. The van der Waals surface area contributed by atoms with Crippen LogP contribution in [0.25, 0.3) is 0 Å². The predicted octanol–water partition coefficient (Wildman–Crippen LogP) is 2.75. The second kappa shape index (κ2) is 7.37. The number of hydrogen-bond donors (Lipinski definition) is 1. The van der Waals surface area contributed by atoms with Crippen LogP contribution in [0.5, 0.6) is 11.5 Å². The molecule has 164 valence electrons. The number of nitrogens with zero attached hydrogens (tertiary/aromatic N) is 3. The van der Waals surface area contributed by atoms with E-state index < -0.39 is 40.9 Å². The Bertz CT molecular complexity index is 1280. The lowest BCUT2D eigenvalue weighted by atomic mass is 9.95. The molecule has 0 spiro atoms. The van der Waals surface area contributed by atoms with Crippen LogP contribution in [0.4, 0.5) is 8.78 Å². The summed E-state index contributed by atoms with van der Waals surface area (Å²) in [5.41, 5.74) is 0.202. The molecule has 0 radical (unpaired) electrons. The van der Waals surface area contributed by atoms with Crippen LogP contribution in [0.3, 0.4) is 0 Å². The third kappa shape index (κ3) is 2.92. The first-order valence-electron chi connectivity index (χ1n) is 10.1. The molecule has 0 aliphatic carbocycles. The Morgan fingerprint density at radius 2 is 1.78 bits per heavy atom. The molecule has 0 saturated carbocycles. The van der Waals surface area contributed by atoms with Crippen molar-refractivity contribution >= 4 is 5.91 Å². The van der Waals surface area contributed by atoms with Crippen molar-refractivity contribution in [3.63, 3.8) is 0 Å². The molecular weight excluding hydrogens is 420 g/mol. The van der Waals surface area contributed by atoms with Crippen LogP contribution < -0.4 is 15.2 Å². The fourth-order valence-electron chi connectivity index (χ4n) is 4.42. The van der Waals surface area contributed by atoms with E-state index in [0.717, 1.165) is 23.8 Å². The molecule has 2 aliphatic heterocycles. The Morgan fingerprint density at radius 1 is 1.06 bits per heavy atom. The van der Waals surface area contributed by atoms with Crippen LogP contribution in [0.15, 0.2) is 59.5 Å². The van der Waals surface area contributed by atoms with Gasteiger partial charge in [-0.1, -0.05) is 30.3 Å². The van der Waals surface area contributed by atoms with E-state index in [1.54, 1.807) is 12.1 Å². The van der Waals surface area contributed by atoms with Crippen molar-refractivity contribution in [1.29, 1.82) is 0 Å². The predicted molar refractivity (Wildman–Crippen MR) is 111 cm³/mol. The van der Waals surface area contributed by atoms with Gasteiger partial charge in [0.1, 0.15) is 18.0 Å². The maximum absolute atomic E-state index is 14.4. The molecule has 0 bridgehead atoms. The van der Waals surface area contributed by atoms with Crippen molar-refractivity contribution in [1.82, 2.24) is 9.58 Å². The summed E-state index contributed by atoms with van der Waals surface area (Å²) >= 11 is 0. The Balaban J connectivity index is 1.84. The zero-order valence-electron chi connectivity index (χ0n) is 17.0. The lowest BCUT2D eigenvalue weighted by Crippen LogP contribution is -2.62. The van der Waals surface area contributed by atoms with E-state index in [-0.39, 0.29) is 18.1 Å². The molecule has 2 aromatic carbocycles. The van der Waals surface area contributed by atoms with Gasteiger partial charge in [0.25, 0.3) is 5.91 Å². The first-order valence-corrected chi connectivity index (χ1v) is 10.1. The Labute approximate surface area is 181 Å². The molecule has 2 aliphatic rings. The molecule has 7 nitrogen and oxygen atoms in total. The topological polar surface area (TPSA) is 75.0 Å². The quantitative estimate of drug-likeness (QED) is 0.631. The first-order chi connectivity index (χ1) is 15.4. The van der Waals surface area contributed by atoms with E-state index in [4.69, 9.17) is 4.74 Å². The normalized spacial score (nSPS) is 19.9. The summed E-state index contributed by atoms with van der Waals surface area (Å²) in [6.45, 7) is 0.139. The van der Waals surface area contributed by atoms with Crippen LogP contribution in [-0.4, -0.2) is 40.4 Å². The molecular formula is C23H19F2N3O4. The number of amides is 1. The Kier molecular flexibility index (Phi) is 4.61. The van der Waals surface area contributed by atoms with Crippen molar-refractivity contribution in [3.05, 3.63) is 93.4 Å². The molecule has 1 unspecified atom stereocenters. The number of carbonyl (C=O) groups is 1. The van der Waals surface area contributed by atoms with E-state index in [9.17, 15) is 23.5 Å². The summed E-state index contributed by atoms with van der Waals surface area (Å²) in [5.74, 6) is -3.07. The highest BCUT2D eigenvalue weighted by atomic mass is 19.2. The second-order valence-electron chi connectivity index (χ2n) is 7.75. The molecule has 0 fully saturated rings. The Hall–Kier alpha value is -3.88. The number of hydrogen-bond acceptors (Lipinski definition) is 5. The molecule has 3 aromatic rings. The number of carbonyl (C=O) groups excluding carboxylic acids is 1. The number of halogens is 2. The Morgan fingerprint density at radius 3 is 2.53 bits per heavy atom. The van der Waals surface area contributed by atoms with Gasteiger partial charge in [-0.05, 0) is 11.6 Å². The van der Waals surface area contributed by atoms with E-state index in [1.807, 2.05) is 30.3 Å². The number of fused-ring (bicyclic) bond motifs is 4. The third-order valence-corrected chi connectivity index (χ3v) is 5.94. The highest BCUT2D eigenvalue weighted by Gasteiger charge is 2.43. The molecule has 2 atom stereocenters. The number of pyridine rings is 1. The number of ether oxygens (including phenoxy) is 1.